The molecule has 1 saturated carbocycles. The monoisotopic (exact) mass is 523 g/mol. The van der Waals surface area contributed by atoms with E-state index in [-0.39, 0.29) is 17.9 Å². The molecule has 0 bridgehead atoms. The predicted octanol–water partition coefficient (Wildman–Crippen LogP) is 5.01. The number of ether oxygens (including phenoxy) is 3. The molecule has 2 fully saturated rings. The molecule has 4 rings (SSSR count). The van der Waals surface area contributed by atoms with Crippen molar-refractivity contribution in [2.75, 3.05) is 14.2 Å². The minimum absolute atomic E-state index is 0.195. The van der Waals surface area contributed by atoms with Crippen LogP contribution >= 0.6 is 0 Å². The van der Waals surface area contributed by atoms with Gasteiger partial charge in [0.15, 0.2) is 0 Å². The number of rotatable bonds is 9. The van der Waals surface area contributed by atoms with Gasteiger partial charge in [-0.15, -0.1) is 0 Å². The predicted molar refractivity (Wildman–Crippen MR) is 145 cm³/mol. The van der Waals surface area contributed by atoms with E-state index in [0.717, 1.165) is 30.4 Å². The van der Waals surface area contributed by atoms with E-state index in [1.54, 1.807) is 26.0 Å². The number of β-lactam (4-membered cyclic amide) rings is 1. The number of methoxy groups -OCH3 is 2. The van der Waals surface area contributed by atoms with Crippen molar-refractivity contribution in [3.63, 3.8) is 0 Å². The van der Waals surface area contributed by atoms with Gasteiger partial charge in [0.05, 0.1) is 32.3 Å². The smallest absolute Gasteiger partial charge is 0.330 e. The molecule has 0 radical (unpaired) electrons. The van der Waals surface area contributed by atoms with Gasteiger partial charge in [0.1, 0.15) is 23.6 Å². The molecule has 6 atom stereocenters. The molecular formula is C31H41NO6. The van der Waals surface area contributed by atoms with Crippen molar-refractivity contribution in [3.05, 3.63) is 59.7 Å². The van der Waals surface area contributed by atoms with Crippen molar-refractivity contribution in [3.8, 4) is 11.5 Å². The SMILES string of the molecule is COc1ccc(C(c2ccc(OC)cc2)N2C(=O)[C@H]([C@H](C)O)[C@H]2C(=O)O[C@@H]2C[C@H](C)CC[C@H]2C(C)C)cc1. The van der Waals surface area contributed by atoms with Crippen LogP contribution < -0.4 is 9.47 Å². The molecule has 1 aliphatic carbocycles. The molecule has 7 heteroatoms. The van der Waals surface area contributed by atoms with Gasteiger partial charge < -0.3 is 24.2 Å². The third kappa shape index (κ3) is 5.53. The van der Waals surface area contributed by atoms with Crippen LogP contribution in [0, 0.1) is 23.7 Å². The van der Waals surface area contributed by atoms with E-state index in [2.05, 4.69) is 20.8 Å². The fraction of sp³-hybridized carbons (Fsp3) is 0.548. The number of esters is 1. The first kappa shape index (κ1) is 28.0. The topological polar surface area (TPSA) is 85.3 Å². The zero-order valence-electron chi connectivity index (χ0n) is 23.3. The minimum atomic E-state index is -0.977. The maximum absolute atomic E-state index is 13.8. The molecule has 2 aliphatic rings. The summed E-state index contributed by atoms with van der Waals surface area (Å²) in [6.07, 6.45) is 1.78. The van der Waals surface area contributed by atoms with Gasteiger partial charge in [0.2, 0.25) is 5.91 Å². The van der Waals surface area contributed by atoms with Crippen molar-refractivity contribution in [1.29, 1.82) is 0 Å². The molecule has 0 unspecified atom stereocenters. The second kappa shape index (κ2) is 11.8. The number of benzene rings is 2. The molecule has 38 heavy (non-hydrogen) atoms. The first-order valence-electron chi connectivity index (χ1n) is 13.6. The summed E-state index contributed by atoms with van der Waals surface area (Å²) in [5.74, 6) is 0.980. The van der Waals surface area contributed by atoms with Crippen molar-refractivity contribution < 1.29 is 28.9 Å². The number of aliphatic hydroxyl groups excluding tert-OH is 1. The van der Waals surface area contributed by atoms with E-state index in [9.17, 15) is 14.7 Å². The summed E-state index contributed by atoms with van der Waals surface area (Å²) in [4.78, 5) is 29.0. The van der Waals surface area contributed by atoms with Gasteiger partial charge in [-0.2, -0.15) is 0 Å². The number of carbonyl (C=O) groups excluding carboxylic acids is 2. The molecule has 1 heterocycles. The Kier molecular flexibility index (Phi) is 8.66. The molecule has 0 spiro atoms. The number of amides is 1. The Morgan fingerprint density at radius 3 is 1.89 bits per heavy atom. The van der Waals surface area contributed by atoms with Gasteiger partial charge in [-0.25, -0.2) is 4.79 Å². The normalized spacial score (nSPS) is 26.2. The lowest BCUT2D eigenvalue weighted by atomic mass is 9.75. The Morgan fingerprint density at radius 1 is 0.921 bits per heavy atom. The second-order valence-corrected chi connectivity index (χ2v) is 11.2. The van der Waals surface area contributed by atoms with Gasteiger partial charge in [0, 0.05) is 0 Å². The van der Waals surface area contributed by atoms with Crippen LogP contribution in [-0.4, -0.2) is 54.4 Å². The van der Waals surface area contributed by atoms with E-state index >= 15 is 0 Å². The number of likely N-dealkylation sites (tertiary alicyclic amines) is 1. The summed E-state index contributed by atoms with van der Waals surface area (Å²) < 4.78 is 16.9. The Hall–Kier alpha value is -3.06. The highest BCUT2D eigenvalue weighted by molar-refractivity contribution is 5.98. The first-order valence-corrected chi connectivity index (χ1v) is 13.6. The molecule has 7 nitrogen and oxygen atoms in total. The largest absolute Gasteiger partial charge is 0.497 e. The van der Waals surface area contributed by atoms with Gasteiger partial charge >= 0.3 is 5.97 Å². The quantitative estimate of drug-likeness (QED) is 0.368. The van der Waals surface area contributed by atoms with Crippen LogP contribution in [0.5, 0.6) is 11.5 Å². The van der Waals surface area contributed by atoms with Crippen molar-refractivity contribution in [1.82, 2.24) is 4.90 Å². The summed E-state index contributed by atoms with van der Waals surface area (Å²) in [5, 5.41) is 10.5. The highest BCUT2D eigenvalue weighted by Crippen LogP contribution is 2.43. The standard InChI is InChI=1S/C31H41NO6/c1-18(2)25-16-7-19(3)17-26(25)38-31(35)29-27(20(4)33)30(34)32(29)28(21-8-12-23(36-5)13-9-21)22-10-14-24(37-6)15-11-22/h8-15,18-20,25-29,33H,7,16-17H2,1-6H3/t19-,20+,25+,26-,27-,29+/m1/s1. The molecule has 2 aromatic carbocycles. The van der Waals surface area contributed by atoms with Gasteiger partial charge in [-0.1, -0.05) is 51.5 Å². The van der Waals surface area contributed by atoms with Crippen LogP contribution in [0.3, 0.4) is 0 Å². The van der Waals surface area contributed by atoms with Crippen molar-refractivity contribution in [2.45, 2.75) is 71.2 Å². The third-order valence-corrected chi connectivity index (χ3v) is 8.31. The van der Waals surface area contributed by atoms with Gasteiger partial charge in [0.25, 0.3) is 0 Å². The molecule has 1 N–H and O–H groups in total. The number of nitrogens with zero attached hydrogens (tertiary/aromatic N) is 1. The second-order valence-electron chi connectivity index (χ2n) is 11.2. The summed E-state index contributed by atoms with van der Waals surface area (Å²) in [6, 6.07) is 13.5. The van der Waals surface area contributed by atoms with Gasteiger partial charge in [-0.3, -0.25) is 4.79 Å². The first-order chi connectivity index (χ1) is 18.2. The highest BCUT2D eigenvalue weighted by atomic mass is 16.5. The molecular weight excluding hydrogens is 482 g/mol. The van der Waals surface area contributed by atoms with Crippen LogP contribution in [0.25, 0.3) is 0 Å². The Balaban J connectivity index is 1.70. The lowest BCUT2D eigenvalue weighted by Gasteiger charge is -2.51. The average Bonchev–Trinajstić information content (AvgIpc) is 2.89. The molecule has 0 aromatic heterocycles. The molecule has 2 aromatic rings. The van der Waals surface area contributed by atoms with E-state index in [1.165, 1.54) is 0 Å². The lowest BCUT2D eigenvalue weighted by molar-refractivity contribution is -0.190. The molecule has 206 valence electrons. The summed E-state index contributed by atoms with van der Waals surface area (Å²) in [5.41, 5.74) is 1.66. The number of carbonyl (C=O) groups is 2. The summed E-state index contributed by atoms with van der Waals surface area (Å²) in [7, 11) is 3.20. The van der Waals surface area contributed by atoms with Crippen LogP contribution in [0.15, 0.2) is 48.5 Å². The maximum atomic E-state index is 13.8. The van der Waals surface area contributed by atoms with Crippen LogP contribution in [0.1, 0.15) is 64.1 Å². The maximum Gasteiger partial charge on any atom is 0.330 e. The molecule has 1 aliphatic heterocycles. The van der Waals surface area contributed by atoms with Crippen LogP contribution in [0.2, 0.25) is 0 Å². The fourth-order valence-corrected chi connectivity index (χ4v) is 6.11. The van der Waals surface area contributed by atoms with E-state index in [4.69, 9.17) is 14.2 Å². The van der Waals surface area contributed by atoms with Crippen molar-refractivity contribution in [2.24, 2.45) is 23.7 Å². The summed E-state index contributed by atoms with van der Waals surface area (Å²) in [6.45, 7) is 8.10. The van der Waals surface area contributed by atoms with Crippen molar-refractivity contribution >= 4 is 11.9 Å². The average molecular weight is 524 g/mol. The fourth-order valence-electron chi connectivity index (χ4n) is 6.11. The molecule has 1 amide bonds. The Labute approximate surface area is 226 Å². The lowest BCUT2D eigenvalue weighted by Crippen LogP contribution is -2.68. The summed E-state index contributed by atoms with van der Waals surface area (Å²) >= 11 is 0. The molecule has 1 saturated heterocycles. The van der Waals surface area contributed by atoms with E-state index in [0.29, 0.717) is 23.3 Å². The van der Waals surface area contributed by atoms with E-state index in [1.807, 2.05) is 48.5 Å². The zero-order valence-corrected chi connectivity index (χ0v) is 23.3. The van der Waals surface area contributed by atoms with Gasteiger partial charge in [-0.05, 0) is 72.9 Å². The Bertz CT molecular complexity index is 1050. The number of aliphatic hydroxyl groups is 1. The zero-order chi connectivity index (χ0) is 27.6. The number of hydrogen-bond donors (Lipinski definition) is 1. The minimum Gasteiger partial charge on any atom is -0.497 e. The number of hydrogen-bond acceptors (Lipinski definition) is 6. The third-order valence-electron chi connectivity index (χ3n) is 8.31. The Morgan fingerprint density at radius 2 is 1.45 bits per heavy atom. The van der Waals surface area contributed by atoms with Crippen LogP contribution in [-0.2, 0) is 14.3 Å². The van der Waals surface area contributed by atoms with E-state index < -0.39 is 30.1 Å². The highest BCUT2D eigenvalue weighted by Gasteiger charge is 2.57. The van der Waals surface area contributed by atoms with Crippen LogP contribution in [0.4, 0.5) is 0 Å².